The van der Waals surface area contributed by atoms with E-state index in [9.17, 15) is 30.0 Å². The van der Waals surface area contributed by atoms with E-state index in [2.05, 4.69) is 57.3 Å². The highest BCUT2D eigenvalue weighted by Crippen LogP contribution is 2.44. The number of nitrogens with two attached hydrogens (primary N) is 1. The minimum absolute atomic E-state index is 0.0157. The number of carbonyl (C=O) groups is 1. The molecule has 41 heavy (non-hydrogen) atoms. The summed E-state index contributed by atoms with van der Waals surface area (Å²) in [5.41, 5.74) is 4.47. The highest BCUT2D eigenvalue weighted by molar-refractivity contribution is 9.12. The molecule has 0 radical (unpaired) electrons. The Morgan fingerprint density at radius 3 is 2.80 bits per heavy atom. The van der Waals surface area contributed by atoms with E-state index in [0.29, 0.717) is 33.3 Å². The molecule has 0 saturated heterocycles. The second-order valence-corrected chi connectivity index (χ2v) is 11.1. The van der Waals surface area contributed by atoms with Crippen LogP contribution < -0.4 is 16.5 Å². The predicted molar refractivity (Wildman–Crippen MR) is 155 cm³/mol. The lowest BCUT2D eigenvalue weighted by atomic mass is 9.87. The monoisotopic (exact) mass is 694 g/mol. The molecule has 2 atom stereocenters. The molecule has 14 nitrogen and oxygen atoms in total. The van der Waals surface area contributed by atoms with Crippen molar-refractivity contribution in [3.8, 4) is 28.5 Å². The number of phenols is 2. The van der Waals surface area contributed by atoms with Crippen LogP contribution in [-0.4, -0.2) is 72.4 Å². The van der Waals surface area contributed by atoms with E-state index in [1.807, 2.05) is 0 Å². The number of imidazole rings is 1. The number of pyridine rings is 1. The number of oxime groups is 1. The summed E-state index contributed by atoms with van der Waals surface area (Å²) in [6, 6.07) is 1.23. The number of aromatic amines is 2. The Kier molecular flexibility index (Phi) is 7.48. The predicted octanol–water partition coefficient (Wildman–Crippen LogP) is 2.09. The van der Waals surface area contributed by atoms with Gasteiger partial charge in [-0.2, -0.15) is 0 Å². The van der Waals surface area contributed by atoms with Crippen LogP contribution in [0.2, 0.25) is 0 Å². The number of nitrogens with one attached hydrogen (secondary N) is 3. The maximum Gasteiger partial charge on any atom is 0.269 e. The first kappa shape index (κ1) is 28.5. The van der Waals surface area contributed by atoms with Crippen LogP contribution in [0.4, 0.5) is 5.95 Å². The number of benzene rings is 1. The van der Waals surface area contributed by atoms with Gasteiger partial charge in [-0.3, -0.25) is 9.59 Å². The van der Waals surface area contributed by atoms with E-state index >= 15 is 0 Å². The van der Waals surface area contributed by atoms with Crippen LogP contribution in [0.5, 0.6) is 17.2 Å². The molecule has 0 bridgehead atoms. The molecule has 2 aliphatic rings. The van der Waals surface area contributed by atoms with E-state index in [0.717, 1.165) is 6.20 Å². The number of fused-ring (bicyclic) bond motifs is 1. The fourth-order valence-corrected chi connectivity index (χ4v) is 6.55. The summed E-state index contributed by atoms with van der Waals surface area (Å²) in [6.45, 7) is 0.214. The first-order chi connectivity index (χ1) is 19.5. The fourth-order valence-electron chi connectivity index (χ4n) is 4.76. The van der Waals surface area contributed by atoms with Gasteiger partial charge in [-0.05, 0) is 56.8 Å². The molecule has 16 heteroatoms. The van der Waals surface area contributed by atoms with Crippen molar-refractivity contribution in [3.63, 3.8) is 0 Å². The molecule has 0 unspecified atom stereocenters. The van der Waals surface area contributed by atoms with E-state index in [4.69, 9.17) is 15.3 Å². The average molecular weight is 696 g/mol. The fraction of sp³-hybridized carbons (Fsp3) is 0.280. The number of anilines is 1. The van der Waals surface area contributed by atoms with Gasteiger partial charge in [-0.1, -0.05) is 5.16 Å². The second kappa shape index (κ2) is 10.8. The third-order valence-electron chi connectivity index (χ3n) is 6.78. The third-order valence-corrected chi connectivity index (χ3v) is 8.16. The Bertz CT molecular complexity index is 1730. The van der Waals surface area contributed by atoms with E-state index < -0.39 is 34.5 Å². The van der Waals surface area contributed by atoms with Crippen molar-refractivity contribution >= 4 is 60.3 Å². The molecule has 0 fully saturated rings. The summed E-state index contributed by atoms with van der Waals surface area (Å²) in [5.74, 6) is -1.50. The van der Waals surface area contributed by atoms with Crippen LogP contribution in [0.1, 0.15) is 18.5 Å². The van der Waals surface area contributed by atoms with Gasteiger partial charge in [0.15, 0.2) is 17.3 Å². The lowest BCUT2D eigenvalue weighted by Gasteiger charge is -2.33. The molecule has 1 amide bonds. The number of amides is 1. The average Bonchev–Trinajstić information content (AvgIpc) is 3.53. The van der Waals surface area contributed by atoms with Crippen molar-refractivity contribution in [1.29, 1.82) is 0 Å². The van der Waals surface area contributed by atoms with E-state index in [-0.39, 0.29) is 52.5 Å². The van der Waals surface area contributed by atoms with Crippen molar-refractivity contribution in [2.75, 3.05) is 19.4 Å². The molecule has 1 aliphatic carbocycles. The number of nitrogens with zero attached hydrogens (tertiary/aromatic N) is 2. The zero-order valence-electron chi connectivity index (χ0n) is 21.3. The van der Waals surface area contributed by atoms with Gasteiger partial charge in [0, 0.05) is 30.4 Å². The number of allylic oxidation sites excluding steroid dienone is 1. The summed E-state index contributed by atoms with van der Waals surface area (Å²) in [4.78, 5) is 40.4. The molecular formula is C25H24Br2N6O8. The second-order valence-electron chi connectivity index (χ2n) is 9.39. The highest BCUT2D eigenvalue weighted by Gasteiger charge is 2.50. The maximum atomic E-state index is 12.8. The summed E-state index contributed by atoms with van der Waals surface area (Å²) >= 11 is 6.70. The van der Waals surface area contributed by atoms with Gasteiger partial charge in [0.1, 0.15) is 29.1 Å². The molecule has 3 aromatic rings. The first-order valence-electron chi connectivity index (χ1n) is 12.1. The van der Waals surface area contributed by atoms with Gasteiger partial charge < -0.3 is 51.0 Å². The topological polar surface area (TPSA) is 228 Å². The molecule has 3 heterocycles. The third kappa shape index (κ3) is 4.91. The van der Waals surface area contributed by atoms with Gasteiger partial charge in [0.05, 0.1) is 32.7 Å². The number of aromatic hydroxyl groups is 3. The molecule has 5 rings (SSSR count). The lowest BCUT2D eigenvalue weighted by molar-refractivity contribution is -0.114. The lowest BCUT2D eigenvalue weighted by Crippen LogP contribution is -2.45. The molecule has 0 saturated carbocycles. The number of nitrogen functional groups attached to an aromatic ring is 1. The standard InChI is InChI=1S/C25H24Br2N6O8/c1-40-21-10(26)6-25(22(38)16(21)27)7-12(33-41-25)23(39)29-4-2-3-11-17(32-24(28)31-11)9-5-13(34)18-15(19(9)36)20(37)14(35)8-30-18/h5-6,8,22,34-36,38H,2-4,7H2,1H3,(H,29,39)(H,30,37)(H3,28,31,32)/t22-,25+/m0/s1. The van der Waals surface area contributed by atoms with Crippen LogP contribution in [0.15, 0.2) is 43.0 Å². The Balaban J connectivity index is 1.26. The number of aryl methyl sites for hydroxylation is 1. The summed E-state index contributed by atoms with van der Waals surface area (Å²) < 4.78 is 6.16. The van der Waals surface area contributed by atoms with Crippen molar-refractivity contribution in [2.45, 2.75) is 31.0 Å². The minimum atomic E-state index is -1.28. The maximum absolute atomic E-state index is 12.8. The molecule has 2 aromatic heterocycles. The van der Waals surface area contributed by atoms with Gasteiger partial charge >= 0.3 is 0 Å². The number of hydrogen-bond acceptors (Lipinski definition) is 11. The van der Waals surface area contributed by atoms with Gasteiger partial charge in [-0.15, -0.1) is 0 Å². The SMILES string of the molecule is COC1=C(Br)[C@H](O)[C@@]2(C=C1Br)CC(C(=O)NCCCc1[nH]c(N)nc1-c1cc(O)c3[nH]cc(O)c(=O)c3c1O)=NO2. The first-order valence-corrected chi connectivity index (χ1v) is 13.7. The molecule has 216 valence electrons. The van der Waals surface area contributed by atoms with Crippen molar-refractivity contribution in [2.24, 2.45) is 5.16 Å². The summed E-state index contributed by atoms with van der Waals surface area (Å²) in [6.07, 6.45) is 2.20. The number of phenolic OH excluding ortho intramolecular Hbond substituents is 2. The van der Waals surface area contributed by atoms with E-state index in [1.165, 1.54) is 13.2 Å². The Morgan fingerprint density at radius 2 is 2.07 bits per heavy atom. The minimum Gasteiger partial charge on any atom is -0.506 e. The van der Waals surface area contributed by atoms with Gasteiger partial charge in [0.25, 0.3) is 5.91 Å². The molecule has 1 aromatic carbocycles. The zero-order valence-corrected chi connectivity index (χ0v) is 24.5. The number of halogens is 2. The zero-order chi connectivity index (χ0) is 29.6. The number of H-pyrrole nitrogens is 2. The number of carbonyl (C=O) groups excluding carboxylic acids is 1. The van der Waals surface area contributed by atoms with E-state index in [1.54, 1.807) is 6.08 Å². The Hall–Kier alpha value is -4.02. The summed E-state index contributed by atoms with van der Waals surface area (Å²) in [7, 11) is 1.46. The van der Waals surface area contributed by atoms with Crippen LogP contribution in [0.25, 0.3) is 22.2 Å². The highest BCUT2D eigenvalue weighted by atomic mass is 79.9. The Labute approximate surface area is 247 Å². The number of aromatic nitrogens is 3. The number of aliphatic hydroxyl groups is 1. The smallest absolute Gasteiger partial charge is 0.269 e. The van der Waals surface area contributed by atoms with Crippen molar-refractivity contribution in [3.05, 3.63) is 49.0 Å². The molecular weight excluding hydrogens is 672 g/mol. The van der Waals surface area contributed by atoms with Crippen molar-refractivity contribution < 1.29 is 34.8 Å². The number of aliphatic hydroxyl groups excluding tert-OH is 1. The Morgan fingerprint density at radius 1 is 1.32 bits per heavy atom. The number of rotatable bonds is 7. The quantitative estimate of drug-likeness (QED) is 0.133. The van der Waals surface area contributed by atoms with Crippen LogP contribution in [0, 0.1) is 0 Å². The molecule has 1 spiro atoms. The molecule has 1 aliphatic heterocycles. The largest absolute Gasteiger partial charge is 0.506 e. The van der Waals surface area contributed by atoms with Crippen molar-refractivity contribution in [1.82, 2.24) is 20.3 Å². The molecule has 9 N–H and O–H groups in total. The number of methoxy groups -OCH3 is 1. The van der Waals surface area contributed by atoms with Gasteiger partial charge in [0.2, 0.25) is 5.43 Å². The van der Waals surface area contributed by atoms with Gasteiger partial charge in [-0.25, -0.2) is 4.98 Å². The van der Waals surface area contributed by atoms with Crippen LogP contribution in [-0.2, 0) is 20.8 Å². The normalized spacial score (nSPS) is 20.2. The number of ether oxygens (including phenoxy) is 1. The number of hydrogen-bond donors (Lipinski definition) is 8. The summed E-state index contributed by atoms with van der Waals surface area (Å²) in [5, 5.41) is 48.2. The van der Waals surface area contributed by atoms with Crippen LogP contribution in [0.3, 0.4) is 0 Å². The van der Waals surface area contributed by atoms with Crippen LogP contribution >= 0.6 is 31.9 Å².